The van der Waals surface area contributed by atoms with Gasteiger partial charge in [0.05, 0.1) is 10.6 Å². The Balaban J connectivity index is 2.25. The Morgan fingerprint density at radius 1 is 1.42 bits per heavy atom. The van der Waals surface area contributed by atoms with Gasteiger partial charge in [0, 0.05) is 18.7 Å². The summed E-state index contributed by atoms with van der Waals surface area (Å²) in [7, 11) is -3.12. The maximum Gasteiger partial charge on any atom is 0.178 e. The van der Waals surface area contributed by atoms with Crippen LogP contribution in [0.2, 0.25) is 0 Å². The molecule has 0 radical (unpaired) electrons. The number of nitrogens with one attached hydrogen (secondary N) is 1. The number of hydrogen-bond donors (Lipinski definition) is 2. The van der Waals surface area contributed by atoms with Crippen molar-refractivity contribution in [3.63, 3.8) is 0 Å². The van der Waals surface area contributed by atoms with Gasteiger partial charge in [-0.3, -0.25) is 0 Å². The molecule has 2 rings (SSSR count). The average molecular weight is 283 g/mol. The third-order valence-corrected chi connectivity index (χ3v) is 5.53. The minimum absolute atomic E-state index is 0.0659. The first-order chi connectivity index (χ1) is 9.08. The summed E-state index contributed by atoms with van der Waals surface area (Å²) in [6.45, 7) is 2.22. The Labute approximate surface area is 114 Å². The van der Waals surface area contributed by atoms with E-state index in [1.165, 1.54) is 0 Å². The summed E-state index contributed by atoms with van der Waals surface area (Å²) >= 11 is 0. The summed E-state index contributed by atoms with van der Waals surface area (Å²) in [5, 5.41) is 12.5. The van der Waals surface area contributed by atoms with E-state index in [-0.39, 0.29) is 24.4 Å². The zero-order valence-corrected chi connectivity index (χ0v) is 12.0. The van der Waals surface area contributed by atoms with E-state index in [1.54, 1.807) is 12.1 Å². The Morgan fingerprint density at radius 3 is 2.84 bits per heavy atom. The number of aliphatic hydroxyl groups excluding tert-OH is 1. The molecule has 5 heteroatoms. The first-order valence-corrected chi connectivity index (χ1v) is 8.42. The molecule has 2 atom stereocenters. The van der Waals surface area contributed by atoms with E-state index in [2.05, 4.69) is 12.2 Å². The Kier molecular flexibility index (Phi) is 4.60. The zero-order chi connectivity index (χ0) is 13.9. The van der Waals surface area contributed by atoms with Crippen molar-refractivity contribution in [2.75, 3.05) is 12.4 Å². The van der Waals surface area contributed by atoms with Crippen LogP contribution in [0.1, 0.15) is 37.8 Å². The van der Waals surface area contributed by atoms with Crippen molar-refractivity contribution in [3.8, 4) is 0 Å². The van der Waals surface area contributed by atoms with Crippen LogP contribution in [0, 0.1) is 0 Å². The lowest BCUT2D eigenvalue weighted by molar-refractivity contribution is 0.253. The largest absolute Gasteiger partial charge is 0.396 e. The first-order valence-electron chi connectivity index (χ1n) is 6.77. The molecule has 19 heavy (non-hydrogen) atoms. The third kappa shape index (κ3) is 3.16. The maximum atomic E-state index is 12.0. The normalized spacial score (nSPS) is 22.7. The van der Waals surface area contributed by atoms with Crippen molar-refractivity contribution in [2.24, 2.45) is 0 Å². The van der Waals surface area contributed by atoms with Gasteiger partial charge in [0.2, 0.25) is 0 Å². The van der Waals surface area contributed by atoms with Crippen molar-refractivity contribution >= 4 is 9.84 Å². The lowest BCUT2D eigenvalue weighted by atomic mass is 10.0. The standard InChI is InChI=1S/C14H21NO3S/c1-2-11(7-9-16)15-13-8-10-19(17,18)14-6-4-3-5-12(13)14/h3-6,11,13,15-16H,2,7-10H2,1H3. The summed E-state index contributed by atoms with van der Waals surface area (Å²) in [6, 6.07) is 7.51. The molecule has 1 heterocycles. The smallest absolute Gasteiger partial charge is 0.178 e. The maximum absolute atomic E-state index is 12.0. The van der Waals surface area contributed by atoms with E-state index in [0.29, 0.717) is 17.7 Å². The van der Waals surface area contributed by atoms with Crippen LogP contribution in [0.3, 0.4) is 0 Å². The van der Waals surface area contributed by atoms with Crippen molar-refractivity contribution in [1.82, 2.24) is 5.32 Å². The molecule has 1 aliphatic heterocycles. The van der Waals surface area contributed by atoms with E-state index in [1.807, 2.05) is 12.1 Å². The predicted octanol–water partition coefficient (Wildman–Crippen LogP) is 1.66. The van der Waals surface area contributed by atoms with E-state index in [0.717, 1.165) is 12.0 Å². The average Bonchev–Trinajstić information content (AvgIpc) is 2.41. The number of rotatable bonds is 5. The second-order valence-electron chi connectivity index (χ2n) is 4.98. The van der Waals surface area contributed by atoms with Crippen LogP contribution in [0.4, 0.5) is 0 Å². The van der Waals surface area contributed by atoms with Crippen molar-refractivity contribution < 1.29 is 13.5 Å². The van der Waals surface area contributed by atoms with Gasteiger partial charge < -0.3 is 10.4 Å². The van der Waals surface area contributed by atoms with E-state index in [4.69, 9.17) is 5.11 Å². The van der Waals surface area contributed by atoms with E-state index < -0.39 is 9.84 Å². The number of fused-ring (bicyclic) bond motifs is 1. The van der Waals surface area contributed by atoms with Gasteiger partial charge in [0.1, 0.15) is 0 Å². The zero-order valence-electron chi connectivity index (χ0n) is 11.2. The quantitative estimate of drug-likeness (QED) is 0.862. The van der Waals surface area contributed by atoms with Crippen LogP contribution in [0.15, 0.2) is 29.2 Å². The summed E-state index contributed by atoms with van der Waals surface area (Å²) in [6.07, 6.45) is 2.22. The molecule has 0 aliphatic carbocycles. The van der Waals surface area contributed by atoms with Crippen LogP contribution in [-0.2, 0) is 9.84 Å². The van der Waals surface area contributed by atoms with Crippen LogP contribution < -0.4 is 5.32 Å². The SMILES string of the molecule is CCC(CCO)NC1CCS(=O)(=O)c2ccccc21. The number of aliphatic hydroxyl groups is 1. The molecule has 2 unspecified atom stereocenters. The van der Waals surface area contributed by atoms with Gasteiger partial charge in [-0.15, -0.1) is 0 Å². The molecule has 0 amide bonds. The molecular formula is C14H21NO3S. The fourth-order valence-electron chi connectivity index (χ4n) is 2.61. The van der Waals surface area contributed by atoms with Crippen molar-refractivity contribution in [2.45, 2.75) is 43.2 Å². The van der Waals surface area contributed by atoms with E-state index >= 15 is 0 Å². The summed E-state index contributed by atoms with van der Waals surface area (Å²) in [4.78, 5) is 0.456. The van der Waals surface area contributed by atoms with Gasteiger partial charge in [-0.2, -0.15) is 0 Å². The molecular weight excluding hydrogens is 262 g/mol. The van der Waals surface area contributed by atoms with Crippen LogP contribution in [0.5, 0.6) is 0 Å². The Hall–Kier alpha value is -0.910. The third-order valence-electron chi connectivity index (χ3n) is 3.71. The second-order valence-corrected chi connectivity index (χ2v) is 7.06. The number of benzene rings is 1. The highest BCUT2D eigenvalue weighted by Gasteiger charge is 2.30. The molecule has 2 N–H and O–H groups in total. The molecule has 0 saturated carbocycles. The highest BCUT2D eigenvalue weighted by molar-refractivity contribution is 7.91. The highest BCUT2D eigenvalue weighted by Crippen LogP contribution is 2.32. The predicted molar refractivity (Wildman–Crippen MR) is 74.8 cm³/mol. The topological polar surface area (TPSA) is 66.4 Å². The van der Waals surface area contributed by atoms with E-state index in [9.17, 15) is 8.42 Å². The van der Waals surface area contributed by atoms with Crippen LogP contribution in [0.25, 0.3) is 0 Å². The minimum atomic E-state index is -3.12. The van der Waals surface area contributed by atoms with Crippen LogP contribution in [-0.4, -0.2) is 31.9 Å². The van der Waals surface area contributed by atoms with Crippen molar-refractivity contribution in [1.29, 1.82) is 0 Å². The van der Waals surface area contributed by atoms with Gasteiger partial charge in [0.15, 0.2) is 9.84 Å². The molecule has 0 bridgehead atoms. The summed E-state index contributed by atoms with van der Waals surface area (Å²) < 4.78 is 24.1. The van der Waals surface area contributed by atoms with Gasteiger partial charge in [0.25, 0.3) is 0 Å². The molecule has 1 aromatic rings. The van der Waals surface area contributed by atoms with Crippen LogP contribution >= 0.6 is 0 Å². The Morgan fingerprint density at radius 2 is 2.16 bits per heavy atom. The molecule has 0 saturated heterocycles. The monoisotopic (exact) mass is 283 g/mol. The number of sulfone groups is 1. The number of hydrogen-bond acceptors (Lipinski definition) is 4. The summed E-state index contributed by atoms with van der Waals surface area (Å²) in [5.74, 6) is 0.192. The molecule has 0 fully saturated rings. The molecule has 1 aliphatic rings. The highest BCUT2D eigenvalue weighted by atomic mass is 32.2. The fraction of sp³-hybridized carbons (Fsp3) is 0.571. The Bertz CT molecular complexity index is 527. The van der Waals surface area contributed by atoms with Gasteiger partial charge in [-0.1, -0.05) is 25.1 Å². The second kappa shape index (κ2) is 6.03. The lowest BCUT2D eigenvalue weighted by Crippen LogP contribution is -2.37. The van der Waals surface area contributed by atoms with Gasteiger partial charge in [-0.25, -0.2) is 8.42 Å². The molecule has 0 spiro atoms. The first kappa shape index (κ1) is 14.5. The summed E-state index contributed by atoms with van der Waals surface area (Å²) in [5.41, 5.74) is 0.866. The van der Waals surface area contributed by atoms with Crippen molar-refractivity contribution in [3.05, 3.63) is 29.8 Å². The molecule has 4 nitrogen and oxygen atoms in total. The van der Waals surface area contributed by atoms with Gasteiger partial charge >= 0.3 is 0 Å². The van der Waals surface area contributed by atoms with Gasteiger partial charge in [-0.05, 0) is 30.9 Å². The minimum Gasteiger partial charge on any atom is -0.396 e. The lowest BCUT2D eigenvalue weighted by Gasteiger charge is -2.30. The molecule has 1 aromatic carbocycles. The molecule has 0 aromatic heterocycles. The molecule has 106 valence electrons. The fourth-order valence-corrected chi connectivity index (χ4v) is 4.23.